The second-order valence-corrected chi connectivity index (χ2v) is 6.14. The molecule has 0 saturated carbocycles. The molecule has 2 unspecified atom stereocenters. The lowest BCUT2D eigenvalue weighted by Crippen LogP contribution is -2.44. The van der Waals surface area contributed by atoms with Gasteiger partial charge in [0.15, 0.2) is 0 Å². The second-order valence-electron chi connectivity index (χ2n) is 5.17. The van der Waals surface area contributed by atoms with Gasteiger partial charge in [-0.15, -0.1) is 11.3 Å². The number of nitrogens with two attached hydrogens (primary N) is 1. The highest BCUT2D eigenvalue weighted by Crippen LogP contribution is 2.25. The van der Waals surface area contributed by atoms with Crippen LogP contribution in [0.15, 0.2) is 17.5 Å². The summed E-state index contributed by atoms with van der Waals surface area (Å²) in [5.74, 6) is 0.0230. The minimum atomic E-state index is -0.0985. The Hall–Kier alpha value is -0.950. The van der Waals surface area contributed by atoms with Crippen LogP contribution in [-0.4, -0.2) is 49.7 Å². The zero-order valence-electron chi connectivity index (χ0n) is 11.9. The van der Waals surface area contributed by atoms with Crippen LogP contribution in [0, 0.1) is 0 Å². The van der Waals surface area contributed by atoms with Crippen molar-refractivity contribution >= 4 is 17.2 Å². The number of nitrogens with zero attached hydrogens (tertiary/aromatic N) is 1. The molecule has 1 aliphatic heterocycles. The number of amides is 1. The van der Waals surface area contributed by atoms with Crippen LogP contribution in [0.2, 0.25) is 0 Å². The molecular weight excluding hydrogens is 274 g/mol. The summed E-state index contributed by atoms with van der Waals surface area (Å²) in [6, 6.07) is 4.31. The molecule has 0 radical (unpaired) electrons. The van der Waals surface area contributed by atoms with E-state index in [9.17, 15) is 4.79 Å². The number of morpholine rings is 1. The standard InChI is InChI=1S/C14H23N3O2S/c1-11(15)9-14(18)16-10-12(13-3-2-8-20-13)17-4-6-19-7-5-17/h2-3,8,11-12H,4-7,9-10,15H2,1H3,(H,16,18). The molecule has 0 aliphatic carbocycles. The van der Waals surface area contributed by atoms with Crippen LogP contribution in [0.1, 0.15) is 24.3 Å². The third-order valence-corrected chi connectivity index (χ3v) is 4.33. The topological polar surface area (TPSA) is 67.6 Å². The van der Waals surface area contributed by atoms with Gasteiger partial charge in [-0.2, -0.15) is 0 Å². The lowest BCUT2D eigenvalue weighted by molar-refractivity contribution is -0.121. The summed E-state index contributed by atoms with van der Waals surface area (Å²) in [7, 11) is 0. The summed E-state index contributed by atoms with van der Waals surface area (Å²) in [6.45, 7) is 5.81. The van der Waals surface area contributed by atoms with Gasteiger partial charge in [-0.3, -0.25) is 9.69 Å². The third-order valence-electron chi connectivity index (χ3n) is 3.36. The summed E-state index contributed by atoms with van der Waals surface area (Å²) in [6.07, 6.45) is 0.375. The Bertz CT molecular complexity index is 403. The molecule has 2 atom stereocenters. The van der Waals surface area contributed by atoms with E-state index in [-0.39, 0.29) is 18.0 Å². The van der Waals surface area contributed by atoms with Crippen molar-refractivity contribution in [3.8, 4) is 0 Å². The zero-order valence-corrected chi connectivity index (χ0v) is 12.7. The van der Waals surface area contributed by atoms with Gasteiger partial charge in [0.25, 0.3) is 0 Å². The molecule has 0 aromatic carbocycles. The van der Waals surface area contributed by atoms with Gasteiger partial charge >= 0.3 is 0 Å². The molecule has 20 heavy (non-hydrogen) atoms. The molecule has 2 rings (SSSR count). The Morgan fingerprint density at radius 1 is 1.55 bits per heavy atom. The van der Waals surface area contributed by atoms with Crippen molar-refractivity contribution in [1.29, 1.82) is 0 Å². The van der Waals surface area contributed by atoms with Crippen molar-refractivity contribution in [2.24, 2.45) is 5.73 Å². The summed E-state index contributed by atoms with van der Waals surface area (Å²) in [5, 5.41) is 5.08. The first-order valence-electron chi connectivity index (χ1n) is 7.04. The van der Waals surface area contributed by atoms with Crippen LogP contribution >= 0.6 is 11.3 Å². The van der Waals surface area contributed by atoms with Crippen molar-refractivity contribution in [2.75, 3.05) is 32.8 Å². The molecule has 1 aromatic heterocycles. The maximum atomic E-state index is 11.8. The smallest absolute Gasteiger partial charge is 0.221 e. The van der Waals surface area contributed by atoms with Crippen LogP contribution in [0.5, 0.6) is 0 Å². The van der Waals surface area contributed by atoms with E-state index in [1.807, 2.05) is 6.92 Å². The van der Waals surface area contributed by atoms with Gasteiger partial charge < -0.3 is 15.8 Å². The lowest BCUT2D eigenvalue weighted by Gasteiger charge is -2.34. The monoisotopic (exact) mass is 297 g/mol. The van der Waals surface area contributed by atoms with Gasteiger partial charge in [-0.25, -0.2) is 0 Å². The molecule has 1 fully saturated rings. The predicted molar refractivity (Wildman–Crippen MR) is 80.7 cm³/mol. The van der Waals surface area contributed by atoms with Crippen molar-refractivity contribution in [1.82, 2.24) is 10.2 Å². The maximum absolute atomic E-state index is 11.8. The third kappa shape index (κ3) is 4.56. The van der Waals surface area contributed by atoms with Gasteiger partial charge in [0.2, 0.25) is 5.91 Å². The first-order valence-corrected chi connectivity index (χ1v) is 7.92. The number of rotatable bonds is 6. The van der Waals surface area contributed by atoms with Gasteiger partial charge in [-0.1, -0.05) is 6.07 Å². The van der Waals surface area contributed by atoms with E-state index in [1.54, 1.807) is 11.3 Å². The van der Waals surface area contributed by atoms with Crippen molar-refractivity contribution in [3.63, 3.8) is 0 Å². The van der Waals surface area contributed by atoms with Gasteiger partial charge in [0.1, 0.15) is 0 Å². The number of thiophene rings is 1. The number of hydrogen-bond donors (Lipinski definition) is 2. The average molecular weight is 297 g/mol. The first-order chi connectivity index (χ1) is 9.66. The van der Waals surface area contributed by atoms with Crippen LogP contribution in [0.4, 0.5) is 0 Å². The molecule has 112 valence electrons. The fraction of sp³-hybridized carbons (Fsp3) is 0.643. The quantitative estimate of drug-likeness (QED) is 0.821. The van der Waals surface area contributed by atoms with Crippen LogP contribution in [0.25, 0.3) is 0 Å². The van der Waals surface area contributed by atoms with Gasteiger partial charge in [-0.05, 0) is 18.4 Å². The Morgan fingerprint density at radius 3 is 2.90 bits per heavy atom. The van der Waals surface area contributed by atoms with E-state index < -0.39 is 0 Å². The molecule has 0 spiro atoms. The van der Waals surface area contributed by atoms with E-state index in [2.05, 4.69) is 27.7 Å². The highest BCUT2D eigenvalue weighted by atomic mass is 32.1. The number of hydrogen-bond acceptors (Lipinski definition) is 5. The lowest BCUT2D eigenvalue weighted by atomic mass is 10.1. The van der Waals surface area contributed by atoms with E-state index in [1.165, 1.54) is 4.88 Å². The van der Waals surface area contributed by atoms with Crippen molar-refractivity contribution < 1.29 is 9.53 Å². The fourth-order valence-corrected chi connectivity index (χ4v) is 3.22. The van der Waals surface area contributed by atoms with Crippen LogP contribution in [-0.2, 0) is 9.53 Å². The summed E-state index contributed by atoms with van der Waals surface area (Å²) >= 11 is 1.73. The minimum Gasteiger partial charge on any atom is -0.379 e. The summed E-state index contributed by atoms with van der Waals surface area (Å²) < 4.78 is 5.40. The predicted octanol–water partition coefficient (Wildman–Crippen LogP) is 0.975. The second kappa shape index (κ2) is 7.73. The molecular formula is C14H23N3O2S. The SMILES string of the molecule is CC(N)CC(=O)NCC(c1cccs1)N1CCOCC1. The largest absolute Gasteiger partial charge is 0.379 e. The van der Waals surface area contributed by atoms with Crippen LogP contribution in [0.3, 0.4) is 0 Å². The molecule has 6 heteroatoms. The molecule has 1 amide bonds. The molecule has 3 N–H and O–H groups in total. The Morgan fingerprint density at radius 2 is 2.30 bits per heavy atom. The van der Waals surface area contributed by atoms with E-state index in [0.717, 1.165) is 26.3 Å². The number of nitrogens with one attached hydrogen (secondary N) is 1. The molecule has 1 aliphatic rings. The number of ether oxygens (including phenoxy) is 1. The number of carbonyl (C=O) groups excluding carboxylic acids is 1. The van der Waals surface area contributed by atoms with Gasteiger partial charge in [0.05, 0.1) is 19.3 Å². The molecule has 1 aromatic rings. The fourth-order valence-electron chi connectivity index (χ4n) is 2.35. The molecule has 1 saturated heterocycles. The van der Waals surface area contributed by atoms with Crippen LogP contribution < -0.4 is 11.1 Å². The van der Waals surface area contributed by atoms with E-state index >= 15 is 0 Å². The maximum Gasteiger partial charge on any atom is 0.221 e. The Labute approximate surface area is 124 Å². The molecule has 2 heterocycles. The highest BCUT2D eigenvalue weighted by molar-refractivity contribution is 7.10. The Balaban J connectivity index is 1.94. The molecule has 5 nitrogen and oxygen atoms in total. The average Bonchev–Trinajstić information content (AvgIpc) is 2.93. The summed E-state index contributed by atoms with van der Waals surface area (Å²) in [5.41, 5.74) is 5.65. The van der Waals surface area contributed by atoms with Crippen molar-refractivity contribution in [2.45, 2.75) is 25.4 Å². The minimum absolute atomic E-state index is 0.0230. The highest BCUT2D eigenvalue weighted by Gasteiger charge is 2.23. The normalized spacial score (nSPS) is 19.5. The van der Waals surface area contributed by atoms with Crippen molar-refractivity contribution in [3.05, 3.63) is 22.4 Å². The number of carbonyl (C=O) groups is 1. The first kappa shape index (κ1) is 15.4. The Kier molecular flexibility index (Phi) is 5.97. The summed E-state index contributed by atoms with van der Waals surface area (Å²) in [4.78, 5) is 15.4. The zero-order chi connectivity index (χ0) is 14.4. The van der Waals surface area contributed by atoms with Gasteiger partial charge in [0, 0.05) is 37.0 Å². The van der Waals surface area contributed by atoms with E-state index in [0.29, 0.717) is 13.0 Å². The molecule has 0 bridgehead atoms. The van der Waals surface area contributed by atoms with E-state index in [4.69, 9.17) is 10.5 Å².